The summed E-state index contributed by atoms with van der Waals surface area (Å²) in [5.74, 6) is 0.774. The van der Waals surface area contributed by atoms with Crippen LogP contribution in [-0.4, -0.2) is 17.6 Å². The molecule has 0 radical (unpaired) electrons. The predicted molar refractivity (Wildman–Crippen MR) is 143 cm³/mol. The Kier molecular flexibility index (Phi) is 6.85. The van der Waals surface area contributed by atoms with Gasteiger partial charge in [-0.3, -0.25) is 14.5 Å². The van der Waals surface area contributed by atoms with Gasteiger partial charge in [0.15, 0.2) is 0 Å². The second kappa shape index (κ2) is 9.67. The van der Waals surface area contributed by atoms with Crippen molar-refractivity contribution >= 4 is 35.0 Å². The summed E-state index contributed by atoms with van der Waals surface area (Å²) in [7, 11) is 0. The van der Waals surface area contributed by atoms with E-state index in [0.29, 0.717) is 17.2 Å². The standard InChI is InChI=1S/C29H32N2O2S/c1-19(2)24-8-6-7-9-25(24)31-26(32)18-34-28(31)21-12-16-23(17-13-21)30-27(33)20-10-14-22(15-11-20)29(3,4)5/h6-17,19,28H,18H2,1-5H3,(H,30,33)/t28-/m1/s1. The molecule has 1 saturated heterocycles. The van der Waals surface area contributed by atoms with Crippen LogP contribution in [0.3, 0.4) is 0 Å². The first-order chi connectivity index (χ1) is 16.1. The Morgan fingerprint density at radius 3 is 2.24 bits per heavy atom. The quantitative estimate of drug-likeness (QED) is 0.429. The molecule has 4 rings (SSSR count). The van der Waals surface area contributed by atoms with Crippen LogP contribution in [-0.2, 0) is 10.2 Å². The van der Waals surface area contributed by atoms with Gasteiger partial charge >= 0.3 is 0 Å². The SMILES string of the molecule is CC(C)c1ccccc1N1C(=O)CS[C@@H]1c1ccc(NC(=O)c2ccc(C(C)(C)C)cc2)cc1. The Bertz CT molecular complexity index is 1180. The zero-order valence-corrected chi connectivity index (χ0v) is 21.3. The van der Waals surface area contributed by atoms with E-state index in [0.717, 1.165) is 16.9 Å². The van der Waals surface area contributed by atoms with Crippen molar-refractivity contribution in [2.45, 2.75) is 51.3 Å². The molecule has 176 valence electrons. The topological polar surface area (TPSA) is 49.4 Å². The lowest BCUT2D eigenvalue weighted by molar-refractivity contribution is -0.115. The maximum absolute atomic E-state index is 12.8. The molecular weight excluding hydrogens is 440 g/mol. The van der Waals surface area contributed by atoms with Crippen molar-refractivity contribution in [2.75, 3.05) is 16.0 Å². The van der Waals surface area contributed by atoms with E-state index in [2.05, 4.69) is 46.0 Å². The van der Waals surface area contributed by atoms with Gasteiger partial charge in [-0.05, 0) is 58.4 Å². The Balaban J connectivity index is 1.51. The number of amides is 2. The first kappa shape index (κ1) is 24.1. The second-order valence-corrected chi connectivity index (χ2v) is 11.1. The third kappa shape index (κ3) is 5.05. The highest BCUT2D eigenvalue weighted by atomic mass is 32.2. The van der Waals surface area contributed by atoms with Crippen LogP contribution in [0.2, 0.25) is 0 Å². The number of carbonyl (C=O) groups is 2. The van der Waals surface area contributed by atoms with Gasteiger partial charge in [0.25, 0.3) is 5.91 Å². The van der Waals surface area contributed by atoms with E-state index >= 15 is 0 Å². The highest BCUT2D eigenvalue weighted by Crippen LogP contribution is 2.44. The van der Waals surface area contributed by atoms with Crippen LogP contribution in [0.15, 0.2) is 72.8 Å². The molecule has 1 N–H and O–H groups in total. The zero-order valence-electron chi connectivity index (χ0n) is 20.5. The summed E-state index contributed by atoms with van der Waals surface area (Å²) in [6, 6.07) is 23.7. The van der Waals surface area contributed by atoms with Crippen molar-refractivity contribution in [1.29, 1.82) is 0 Å². The fraction of sp³-hybridized carbons (Fsp3) is 0.310. The van der Waals surface area contributed by atoms with Crippen LogP contribution in [0, 0.1) is 0 Å². The lowest BCUT2D eigenvalue weighted by Gasteiger charge is -2.27. The van der Waals surface area contributed by atoms with Crippen molar-refractivity contribution < 1.29 is 9.59 Å². The lowest BCUT2D eigenvalue weighted by Crippen LogP contribution is -2.29. The van der Waals surface area contributed by atoms with Crippen LogP contribution in [0.5, 0.6) is 0 Å². The van der Waals surface area contributed by atoms with Gasteiger partial charge < -0.3 is 5.32 Å². The number of rotatable bonds is 5. The van der Waals surface area contributed by atoms with Crippen molar-refractivity contribution in [1.82, 2.24) is 0 Å². The van der Waals surface area contributed by atoms with Crippen LogP contribution in [0.25, 0.3) is 0 Å². The van der Waals surface area contributed by atoms with Gasteiger partial charge in [0.05, 0.1) is 5.75 Å². The summed E-state index contributed by atoms with van der Waals surface area (Å²) in [5, 5.41) is 2.90. The lowest BCUT2D eigenvalue weighted by atomic mass is 9.87. The number of hydrogen-bond donors (Lipinski definition) is 1. The smallest absolute Gasteiger partial charge is 0.255 e. The van der Waals surface area contributed by atoms with E-state index in [1.165, 1.54) is 11.1 Å². The fourth-order valence-corrected chi connectivity index (χ4v) is 5.35. The molecule has 5 heteroatoms. The van der Waals surface area contributed by atoms with Gasteiger partial charge in [0, 0.05) is 16.9 Å². The molecule has 0 bridgehead atoms. The van der Waals surface area contributed by atoms with Crippen molar-refractivity contribution in [3.63, 3.8) is 0 Å². The molecule has 0 saturated carbocycles. The number of hydrogen-bond acceptors (Lipinski definition) is 3. The summed E-state index contributed by atoms with van der Waals surface area (Å²) in [6.07, 6.45) is 0. The van der Waals surface area contributed by atoms with Crippen LogP contribution >= 0.6 is 11.8 Å². The average molecular weight is 473 g/mol. The van der Waals surface area contributed by atoms with Crippen LogP contribution in [0.1, 0.15) is 73.0 Å². The largest absolute Gasteiger partial charge is 0.322 e. The molecule has 0 unspecified atom stereocenters. The number of carbonyl (C=O) groups excluding carboxylic acids is 2. The molecule has 0 spiro atoms. The monoisotopic (exact) mass is 472 g/mol. The predicted octanol–water partition coefficient (Wildman–Crippen LogP) is 7.14. The molecule has 0 aromatic heterocycles. The number of nitrogens with one attached hydrogen (secondary N) is 1. The summed E-state index contributed by atoms with van der Waals surface area (Å²) in [5.41, 5.74) is 5.80. The molecule has 3 aromatic carbocycles. The van der Waals surface area contributed by atoms with Gasteiger partial charge in [-0.15, -0.1) is 11.8 Å². The average Bonchev–Trinajstić information content (AvgIpc) is 3.20. The first-order valence-electron chi connectivity index (χ1n) is 11.7. The minimum Gasteiger partial charge on any atom is -0.322 e. The minimum absolute atomic E-state index is 0.0496. The number of benzene rings is 3. The Hall–Kier alpha value is -3.05. The van der Waals surface area contributed by atoms with E-state index in [1.807, 2.05) is 71.6 Å². The van der Waals surface area contributed by atoms with Crippen LogP contribution in [0.4, 0.5) is 11.4 Å². The first-order valence-corrected chi connectivity index (χ1v) is 12.7. The molecule has 2 amide bonds. The summed E-state index contributed by atoms with van der Waals surface area (Å²) in [4.78, 5) is 27.5. The number of anilines is 2. The number of nitrogens with zero attached hydrogens (tertiary/aromatic N) is 1. The van der Waals surface area contributed by atoms with Crippen molar-refractivity contribution in [3.05, 3.63) is 95.1 Å². The normalized spacial score (nSPS) is 16.2. The van der Waals surface area contributed by atoms with E-state index in [1.54, 1.807) is 11.8 Å². The minimum atomic E-state index is -0.133. The highest BCUT2D eigenvalue weighted by Gasteiger charge is 2.35. The van der Waals surface area contributed by atoms with Gasteiger partial charge in [-0.2, -0.15) is 0 Å². The fourth-order valence-electron chi connectivity index (χ4n) is 4.18. The maximum Gasteiger partial charge on any atom is 0.255 e. The molecule has 1 atom stereocenters. The maximum atomic E-state index is 12.8. The Labute approximate surface area is 206 Å². The third-order valence-corrected chi connectivity index (χ3v) is 7.37. The molecule has 4 nitrogen and oxygen atoms in total. The van der Waals surface area contributed by atoms with Gasteiger partial charge in [-0.25, -0.2) is 0 Å². The molecule has 1 heterocycles. The van der Waals surface area contributed by atoms with Gasteiger partial charge in [0.2, 0.25) is 5.91 Å². The highest BCUT2D eigenvalue weighted by molar-refractivity contribution is 8.00. The summed E-state index contributed by atoms with van der Waals surface area (Å²) >= 11 is 1.64. The van der Waals surface area contributed by atoms with Crippen molar-refractivity contribution in [3.8, 4) is 0 Å². The van der Waals surface area contributed by atoms with Crippen LogP contribution < -0.4 is 10.2 Å². The Morgan fingerprint density at radius 1 is 0.971 bits per heavy atom. The third-order valence-electron chi connectivity index (χ3n) is 6.15. The van der Waals surface area contributed by atoms with Gasteiger partial charge in [0.1, 0.15) is 5.37 Å². The molecule has 3 aromatic rings. The number of thioether (sulfide) groups is 1. The molecule has 1 aliphatic heterocycles. The van der Waals surface area contributed by atoms with E-state index < -0.39 is 0 Å². The number of para-hydroxylation sites is 1. The molecule has 1 fully saturated rings. The zero-order chi connectivity index (χ0) is 24.5. The van der Waals surface area contributed by atoms with E-state index in [-0.39, 0.29) is 22.6 Å². The van der Waals surface area contributed by atoms with E-state index in [4.69, 9.17) is 0 Å². The summed E-state index contributed by atoms with van der Waals surface area (Å²) in [6.45, 7) is 10.8. The molecule has 1 aliphatic rings. The Morgan fingerprint density at radius 2 is 1.62 bits per heavy atom. The van der Waals surface area contributed by atoms with Gasteiger partial charge in [-0.1, -0.05) is 77.1 Å². The summed E-state index contributed by atoms with van der Waals surface area (Å²) < 4.78 is 0. The van der Waals surface area contributed by atoms with E-state index in [9.17, 15) is 9.59 Å². The molecule has 34 heavy (non-hydrogen) atoms. The molecular formula is C29H32N2O2S. The molecule has 0 aliphatic carbocycles. The second-order valence-electron chi connectivity index (χ2n) is 10.0. The van der Waals surface area contributed by atoms with Crippen molar-refractivity contribution in [2.24, 2.45) is 0 Å².